The minimum atomic E-state index is -0.514. The lowest BCUT2D eigenvalue weighted by Gasteiger charge is -2.17. The van der Waals surface area contributed by atoms with E-state index in [1.54, 1.807) is 11.1 Å². The lowest BCUT2D eigenvalue weighted by Crippen LogP contribution is -2.30. The SMILES string of the molecule is Cc1ccc(C(=O)N2C[C@@H](Cc3ccccn3)[C@H](O)C2)c(C)n1. The van der Waals surface area contributed by atoms with Gasteiger partial charge >= 0.3 is 0 Å². The number of hydrogen-bond donors (Lipinski definition) is 1. The number of carbonyl (C=O) groups is 1. The number of aliphatic hydroxyl groups is 1. The second kappa shape index (κ2) is 6.46. The van der Waals surface area contributed by atoms with E-state index in [9.17, 15) is 9.90 Å². The van der Waals surface area contributed by atoms with E-state index in [1.807, 2.05) is 44.2 Å². The van der Waals surface area contributed by atoms with Crippen molar-refractivity contribution in [1.82, 2.24) is 14.9 Å². The highest BCUT2D eigenvalue weighted by Crippen LogP contribution is 2.23. The largest absolute Gasteiger partial charge is 0.391 e. The molecule has 5 heteroatoms. The summed E-state index contributed by atoms with van der Waals surface area (Å²) in [6.07, 6.45) is 1.91. The van der Waals surface area contributed by atoms with Gasteiger partial charge in [-0.15, -0.1) is 0 Å². The molecule has 3 rings (SSSR count). The van der Waals surface area contributed by atoms with Crippen LogP contribution in [-0.4, -0.2) is 45.1 Å². The third-order valence-corrected chi connectivity index (χ3v) is 4.35. The first-order valence-electron chi connectivity index (χ1n) is 7.86. The zero-order valence-corrected chi connectivity index (χ0v) is 13.4. The number of nitrogens with zero attached hydrogens (tertiary/aromatic N) is 3. The average Bonchev–Trinajstić information content (AvgIpc) is 2.89. The second-order valence-electron chi connectivity index (χ2n) is 6.15. The summed E-state index contributed by atoms with van der Waals surface area (Å²) < 4.78 is 0. The quantitative estimate of drug-likeness (QED) is 0.938. The van der Waals surface area contributed by atoms with Gasteiger partial charge in [0.05, 0.1) is 17.4 Å². The number of carbonyl (C=O) groups excluding carboxylic acids is 1. The lowest BCUT2D eigenvalue weighted by atomic mass is 10.00. The third-order valence-electron chi connectivity index (χ3n) is 4.35. The fourth-order valence-electron chi connectivity index (χ4n) is 3.09. The Morgan fingerprint density at radius 1 is 1.26 bits per heavy atom. The minimum absolute atomic E-state index is 0.0209. The zero-order chi connectivity index (χ0) is 16.4. The van der Waals surface area contributed by atoms with Gasteiger partial charge in [0.1, 0.15) is 0 Å². The number of β-amino-alcohol motifs (C(OH)–C–C–N with tert-alkyl or cyclic N) is 1. The van der Waals surface area contributed by atoms with Crippen LogP contribution in [0.3, 0.4) is 0 Å². The van der Waals surface area contributed by atoms with Crippen LogP contribution in [-0.2, 0) is 6.42 Å². The van der Waals surface area contributed by atoms with Crippen molar-refractivity contribution in [2.45, 2.75) is 26.4 Å². The first-order chi connectivity index (χ1) is 11.0. The molecule has 1 aliphatic heterocycles. The molecule has 0 bridgehead atoms. The molecule has 5 nitrogen and oxygen atoms in total. The van der Waals surface area contributed by atoms with Gasteiger partial charge in [0.25, 0.3) is 5.91 Å². The minimum Gasteiger partial charge on any atom is -0.391 e. The number of hydrogen-bond acceptors (Lipinski definition) is 4. The summed E-state index contributed by atoms with van der Waals surface area (Å²) in [6.45, 7) is 4.66. The molecule has 0 radical (unpaired) electrons. The Morgan fingerprint density at radius 3 is 2.78 bits per heavy atom. The monoisotopic (exact) mass is 311 g/mol. The smallest absolute Gasteiger partial charge is 0.255 e. The van der Waals surface area contributed by atoms with Crippen LogP contribution in [0.5, 0.6) is 0 Å². The van der Waals surface area contributed by atoms with E-state index in [0.29, 0.717) is 25.1 Å². The molecule has 0 spiro atoms. The summed E-state index contributed by atoms with van der Waals surface area (Å²) in [5.41, 5.74) is 3.19. The Morgan fingerprint density at radius 2 is 2.09 bits per heavy atom. The average molecular weight is 311 g/mol. The predicted molar refractivity (Wildman–Crippen MR) is 87.1 cm³/mol. The number of aryl methyl sites for hydroxylation is 2. The molecule has 2 aromatic heterocycles. The van der Waals surface area contributed by atoms with E-state index in [1.165, 1.54) is 0 Å². The first-order valence-corrected chi connectivity index (χ1v) is 7.86. The Bertz CT molecular complexity index is 703. The molecule has 2 atom stereocenters. The van der Waals surface area contributed by atoms with Crippen molar-refractivity contribution in [1.29, 1.82) is 0 Å². The molecule has 1 saturated heterocycles. The van der Waals surface area contributed by atoms with Crippen LogP contribution in [0, 0.1) is 19.8 Å². The van der Waals surface area contributed by atoms with Crippen LogP contribution in [0.15, 0.2) is 36.5 Å². The van der Waals surface area contributed by atoms with Crippen LogP contribution in [0.1, 0.15) is 27.4 Å². The molecule has 0 aliphatic carbocycles. The van der Waals surface area contributed by atoms with Crippen molar-refractivity contribution in [2.24, 2.45) is 5.92 Å². The molecule has 0 unspecified atom stereocenters. The summed E-state index contributed by atoms with van der Waals surface area (Å²) in [7, 11) is 0. The van der Waals surface area contributed by atoms with Gasteiger partial charge in [-0.3, -0.25) is 14.8 Å². The van der Waals surface area contributed by atoms with Crippen LogP contribution in [0.25, 0.3) is 0 Å². The molecule has 1 fully saturated rings. The standard InChI is InChI=1S/C18H21N3O2/c1-12-6-7-16(13(2)20-12)18(23)21-10-14(17(22)11-21)9-15-5-3-4-8-19-15/h3-8,14,17,22H,9-11H2,1-2H3/t14-,17-/m1/s1. The van der Waals surface area contributed by atoms with E-state index in [-0.39, 0.29) is 11.8 Å². The zero-order valence-electron chi connectivity index (χ0n) is 13.4. The van der Waals surface area contributed by atoms with E-state index in [0.717, 1.165) is 17.1 Å². The van der Waals surface area contributed by atoms with Gasteiger partial charge in [0, 0.05) is 36.6 Å². The van der Waals surface area contributed by atoms with Crippen molar-refractivity contribution in [3.63, 3.8) is 0 Å². The summed E-state index contributed by atoms with van der Waals surface area (Å²) in [5, 5.41) is 10.3. The third kappa shape index (κ3) is 3.40. The topological polar surface area (TPSA) is 66.3 Å². The summed E-state index contributed by atoms with van der Waals surface area (Å²) in [5.74, 6) is -0.0369. The van der Waals surface area contributed by atoms with Crippen molar-refractivity contribution in [2.75, 3.05) is 13.1 Å². The molecule has 1 N–H and O–H groups in total. The summed E-state index contributed by atoms with van der Waals surface area (Å²) in [4.78, 5) is 23.1. The lowest BCUT2D eigenvalue weighted by molar-refractivity contribution is 0.0763. The Labute approximate surface area is 136 Å². The number of likely N-dealkylation sites (tertiary alicyclic amines) is 1. The fraction of sp³-hybridized carbons (Fsp3) is 0.389. The van der Waals surface area contributed by atoms with E-state index < -0.39 is 6.10 Å². The fourth-order valence-corrected chi connectivity index (χ4v) is 3.09. The van der Waals surface area contributed by atoms with E-state index in [2.05, 4.69) is 9.97 Å². The normalized spacial score (nSPS) is 20.7. The molecule has 1 amide bonds. The van der Waals surface area contributed by atoms with E-state index in [4.69, 9.17) is 0 Å². The number of pyridine rings is 2. The Kier molecular flexibility index (Phi) is 4.39. The highest BCUT2D eigenvalue weighted by molar-refractivity contribution is 5.95. The van der Waals surface area contributed by atoms with E-state index >= 15 is 0 Å². The molecular formula is C18H21N3O2. The van der Waals surface area contributed by atoms with Gasteiger partial charge in [0.2, 0.25) is 0 Å². The maximum atomic E-state index is 12.7. The van der Waals surface area contributed by atoms with Gasteiger partial charge in [-0.2, -0.15) is 0 Å². The summed E-state index contributed by atoms with van der Waals surface area (Å²) in [6, 6.07) is 9.42. The molecule has 0 aromatic carbocycles. The molecule has 3 heterocycles. The summed E-state index contributed by atoms with van der Waals surface area (Å²) >= 11 is 0. The molecule has 120 valence electrons. The number of amides is 1. The molecule has 0 saturated carbocycles. The molecular weight excluding hydrogens is 290 g/mol. The van der Waals surface area contributed by atoms with Crippen molar-refractivity contribution in [3.05, 3.63) is 59.2 Å². The number of aromatic nitrogens is 2. The van der Waals surface area contributed by atoms with Crippen molar-refractivity contribution in [3.8, 4) is 0 Å². The molecule has 2 aromatic rings. The maximum Gasteiger partial charge on any atom is 0.255 e. The van der Waals surface area contributed by atoms with Crippen LogP contribution < -0.4 is 0 Å². The van der Waals surface area contributed by atoms with Gasteiger partial charge in [-0.1, -0.05) is 6.07 Å². The highest BCUT2D eigenvalue weighted by atomic mass is 16.3. The highest BCUT2D eigenvalue weighted by Gasteiger charge is 2.35. The Balaban J connectivity index is 1.71. The Hall–Kier alpha value is -2.27. The predicted octanol–water partition coefficient (Wildman–Crippen LogP) is 1.77. The maximum absolute atomic E-state index is 12.7. The second-order valence-corrected chi connectivity index (χ2v) is 6.15. The van der Waals surface area contributed by atoms with Crippen molar-refractivity contribution >= 4 is 5.91 Å². The van der Waals surface area contributed by atoms with Gasteiger partial charge in [0.15, 0.2) is 0 Å². The van der Waals surface area contributed by atoms with Crippen LogP contribution in [0.2, 0.25) is 0 Å². The van der Waals surface area contributed by atoms with Crippen LogP contribution in [0.4, 0.5) is 0 Å². The van der Waals surface area contributed by atoms with Gasteiger partial charge < -0.3 is 10.0 Å². The molecule has 23 heavy (non-hydrogen) atoms. The van der Waals surface area contributed by atoms with Gasteiger partial charge in [-0.05, 0) is 44.5 Å². The number of aliphatic hydroxyl groups excluding tert-OH is 1. The number of rotatable bonds is 3. The van der Waals surface area contributed by atoms with Crippen molar-refractivity contribution < 1.29 is 9.90 Å². The first kappa shape index (κ1) is 15.6. The molecule has 1 aliphatic rings. The van der Waals surface area contributed by atoms with Gasteiger partial charge in [-0.25, -0.2) is 0 Å². The van der Waals surface area contributed by atoms with Crippen LogP contribution >= 0.6 is 0 Å².